The van der Waals surface area contributed by atoms with Gasteiger partial charge in [-0.15, -0.1) is 58.0 Å². The van der Waals surface area contributed by atoms with Crippen LogP contribution in [0.2, 0.25) is 0 Å². The zero-order chi connectivity index (χ0) is 51.0. The zero-order valence-electron chi connectivity index (χ0n) is 34.7. The van der Waals surface area contributed by atoms with Crippen LogP contribution in [-0.2, 0) is 18.9 Å². The van der Waals surface area contributed by atoms with Gasteiger partial charge in [-0.3, -0.25) is 40.4 Å². The number of carbonyl (C=O) groups is 8. The number of alkyl halides is 6. The van der Waals surface area contributed by atoms with Crippen LogP contribution in [0.15, 0.2) is 97.1 Å². The van der Waals surface area contributed by atoms with E-state index in [1.54, 1.807) is 60.7 Å². The summed E-state index contributed by atoms with van der Waals surface area (Å²) >= 11 is 51.6. The lowest BCUT2D eigenvalue weighted by molar-refractivity contribution is 0.107. The van der Waals surface area contributed by atoms with Crippen LogP contribution in [-0.4, -0.2) is 99.1 Å². The SMILES string of the molecule is O=C(Nc1cccc(C(=O)Cl)c1)OC(CCl)CCl.O=C(Nc1cccc(C(=O)Cl)c1)OCC(Cl)Cl.O=C(Nc1cccc(C(=O)Cl)c1)OCCBr.O=C(Nc1cccc(C(=O)Cl)c1)OCCCCl. The summed E-state index contributed by atoms with van der Waals surface area (Å²) in [6.45, 7) is 0.409. The van der Waals surface area contributed by atoms with Gasteiger partial charge in [-0.05, 0) is 126 Å². The Morgan fingerprint density at radius 1 is 0.485 bits per heavy atom. The third kappa shape index (κ3) is 28.3. The van der Waals surface area contributed by atoms with Gasteiger partial charge in [0, 0.05) is 56.2 Å². The van der Waals surface area contributed by atoms with Crippen LogP contribution in [0.5, 0.6) is 0 Å². The molecule has 4 amide bonds. The highest BCUT2D eigenvalue weighted by molar-refractivity contribution is 9.09. The zero-order valence-corrected chi connectivity index (χ0v) is 43.1. The molecule has 0 unspecified atom stereocenters. The maximum atomic E-state index is 11.5. The van der Waals surface area contributed by atoms with Crippen molar-refractivity contribution in [2.45, 2.75) is 17.4 Å². The van der Waals surface area contributed by atoms with E-state index in [1.165, 1.54) is 36.4 Å². The average Bonchev–Trinajstić information content (AvgIpc) is 3.30. The second kappa shape index (κ2) is 35.8. The summed E-state index contributed by atoms with van der Waals surface area (Å²) in [5.74, 6) is 0.651. The third-order valence-electron chi connectivity index (χ3n) is 7.12. The number of rotatable bonds is 18. The first-order chi connectivity index (χ1) is 32.3. The topological polar surface area (TPSA) is 222 Å². The molecule has 0 heterocycles. The van der Waals surface area contributed by atoms with Crippen LogP contribution >= 0.6 is 120 Å². The van der Waals surface area contributed by atoms with Gasteiger partial charge in [0.05, 0.1) is 18.4 Å². The Bertz CT molecular complexity index is 2300. The van der Waals surface area contributed by atoms with Crippen molar-refractivity contribution in [3.63, 3.8) is 0 Å². The van der Waals surface area contributed by atoms with Gasteiger partial charge in [0.2, 0.25) is 0 Å². The molecule has 0 aliphatic carbocycles. The van der Waals surface area contributed by atoms with Gasteiger partial charge in [-0.1, -0.05) is 40.2 Å². The fraction of sp³-hybridized carbons (Fsp3) is 0.238. The highest BCUT2D eigenvalue weighted by Crippen LogP contribution is 2.17. The molecule has 368 valence electrons. The molecule has 4 rings (SSSR count). The maximum Gasteiger partial charge on any atom is 0.411 e. The third-order valence-corrected chi connectivity index (χ3v) is 9.53. The molecule has 4 aromatic rings. The lowest BCUT2D eigenvalue weighted by atomic mass is 10.2. The first-order valence-electron chi connectivity index (χ1n) is 18.8. The minimum absolute atomic E-state index is 0.108. The number of nitrogens with one attached hydrogen (secondary N) is 4. The smallest absolute Gasteiger partial charge is 0.411 e. The highest BCUT2D eigenvalue weighted by Gasteiger charge is 2.14. The van der Waals surface area contributed by atoms with E-state index in [1.807, 2.05) is 0 Å². The number of hydrogen-bond donors (Lipinski definition) is 4. The number of ether oxygens (including phenoxy) is 4. The Labute approximate surface area is 443 Å². The lowest BCUT2D eigenvalue weighted by Gasteiger charge is -2.13. The normalized spacial score (nSPS) is 9.94. The van der Waals surface area contributed by atoms with Crippen molar-refractivity contribution in [2.24, 2.45) is 0 Å². The van der Waals surface area contributed by atoms with Crippen molar-refractivity contribution in [1.82, 2.24) is 0 Å². The molecule has 0 saturated heterocycles. The summed E-state index contributed by atoms with van der Waals surface area (Å²) in [6, 6.07) is 24.8. The molecule has 0 aliphatic heterocycles. The van der Waals surface area contributed by atoms with E-state index < -0.39 is 56.3 Å². The molecular weight excluding hydrogens is 1150 g/mol. The molecular formula is C42H38BrCl9N4O12. The van der Waals surface area contributed by atoms with Crippen LogP contribution in [0.1, 0.15) is 47.9 Å². The molecule has 0 aliphatic rings. The summed E-state index contributed by atoms with van der Waals surface area (Å²) in [5.41, 5.74) is 2.89. The first-order valence-corrected chi connectivity index (χ1v) is 23.9. The highest BCUT2D eigenvalue weighted by atomic mass is 79.9. The Morgan fingerprint density at radius 2 is 0.809 bits per heavy atom. The van der Waals surface area contributed by atoms with E-state index in [9.17, 15) is 38.4 Å². The number of benzene rings is 4. The average molecular weight is 1190 g/mol. The second-order valence-electron chi connectivity index (χ2n) is 12.2. The van der Waals surface area contributed by atoms with Gasteiger partial charge in [-0.25, -0.2) is 19.2 Å². The van der Waals surface area contributed by atoms with Crippen molar-refractivity contribution < 1.29 is 57.3 Å². The maximum absolute atomic E-state index is 11.5. The monoisotopic (exact) mass is 1180 g/mol. The predicted octanol–water partition coefficient (Wildman–Crippen LogP) is 13.1. The van der Waals surface area contributed by atoms with Crippen molar-refractivity contribution >= 4 is 188 Å². The number of halogens is 10. The van der Waals surface area contributed by atoms with E-state index in [-0.39, 0.29) is 42.7 Å². The molecule has 0 atom stereocenters. The van der Waals surface area contributed by atoms with Gasteiger partial charge in [0.25, 0.3) is 21.0 Å². The molecule has 16 nitrogen and oxygen atoms in total. The summed E-state index contributed by atoms with van der Waals surface area (Å²) < 4.78 is 19.2. The largest absolute Gasteiger partial charge is 0.449 e. The van der Waals surface area contributed by atoms with Crippen molar-refractivity contribution in [1.29, 1.82) is 0 Å². The quantitative estimate of drug-likeness (QED) is 0.0316. The van der Waals surface area contributed by atoms with Crippen molar-refractivity contribution in [2.75, 3.05) is 64.1 Å². The van der Waals surface area contributed by atoms with Gasteiger partial charge in [0.1, 0.15) is 24.2 Å². The van der Waals surface area contributed by atoms with E-state index >= 15 is 0 Å². The van der Waals surface area contributed by atoms with Gasteiger partial charge >= 0.3 is 24.4 Å². The number of carbonyl (C=O) groups excluding carboxylic acids is 8. The van der Waals surface area contributed by atoms with E-state index in [4.69, 9.17) is 119 Å². The predicted molar refractivity (Wildman–Crippen MR) is 271 cm³/mol. The van der Waals surface area contributed by atoms with Crippen LogP contribution in [0.4, 0.5) is 41.9 Å². The Morgan fingerprint density at radius 3 is 1.10 bits per heavy atom. The molecule has 0 aromatic heterocycles. The van der Waals surface area contributed by atoms with Crippen LogP contribution in [0.3, 0.4) is 0 Å². The van der Waals surface area contributed by atoms with E-state index in [2.05, 4.69) is 41.9 Å². The molecule has 0 saturated carbocycles. The molecule has 4 N–H and O–H groups in total. The van der Waals surface area contributed by atoms with Gasteiger partial charge in [0.15, 0.2) is 0 Å². The number of anilines is 4. The summed E-state index contributed by atoms with van der Waals surface area (Å²) in [5, 5.41) is 8.02. The second-order valence-corrected chi connectivity index (χ2v) is 16.7. The van der Waals surface area contributed by atoms with Crippen molar-refractivity contribution in [3.05, 3.63) is 119 Å². The minimum Gasteiger partial charge on any atom is -0.449 e. The van der Waals surface area contributed by atoms with Crippen LogP contribution in [0.25, 0.3) is 0 Å². The fourth-order valence-corrected chi connectivity index (χ4v) is 5.55. The first kappa shape index (κ1) is 61.7. The molecule has 68 heavy (non-hydrogen) atoms. The summed E-state index contributed by atoms with van der Waals surface area (Å²) in [6.07, 6.45) is -2.54. The van der Waals surface area contributed by atoms with Gasteiger partial charge < -0.3 is 18.9 Å². The Hall–Kier alpha value is -4.27. The Balaban J connectivity index is 0.000000454. The molecule has 0 radical (unpaired) electrons. The standard InChI is InChI=1S/C11H10Cl3NO3.C11H11Cl2NO3.C10H9BrClNO3.C10H8Cl3NO3/c12-5-9(6-13)18-11(17)15-8-3-1-2-7(4-8)10(14)16;12-5-2-6-17-11(16)14-9-4-1-3-8(7-9)10(13)15;11-4-5-16-10(15)13-8-3-1-2-7(6-8)9(12)14;11-8(12)5-17-10(16)14-7-3-1-2-6(4-7)9(13)15/h1-4,9H,5-6H2,(H,15,17);1,3-4,7H,2,5-6H2,(H,14,16);1-3,6H,4-5H2,(H,13,15);1-4,8H,5H2,(H,14,16). The number of hydrogen-bond acceptors (Lipinski definition) is 12. The summed E-state index contributed by atoms with van der Waals surface area (Å²) in [4.78, 5) is 88.0. The number of amides is 4. The Kier molecular flexibility index (Phi) is 32.5. The molecule has 0 fully saturated rings. The lowest BCUT2D eigenvalue weighted by Crippen LogP contribution is -2.25. The summed E-state index contributed by atoms with van der Waals surface area (Å²) in [7, 11) is 0. The minimum atomic E-state index is -0.781. The molecule has 0 bridgehead atoms. The van der Waals surface area contributed by atoms with E-state index in [0.29, 0.717) is 51.5 Å². The van der Waals surface area contributed by atoms with Crippen LogP contribution < -0.4 is 21.3 Å². The van der Waals surface area contributed by atoms with Crippen molar-refractivity contribution in [3.8, 4) is 0 Å². The molecule has 0 spiro atoms. The fourth-order valence-electron chi connectivity index (χ4n) is 4.23. The van der Waals surface area contributed by atoms with Crippen LogP contribution in [0, 0.1) is 0 Å². The van der Waals surface area contributed by atoms with Gasteiger partial charge in [-0.2, -0.15) is 0 Å². The molecule has 4 aromatic carbocycles. The van der Waals surface area contributed by atoms with E-state index in [0.717, 1.165) is 0 Å². The molecule has 26 heteroatoms.